The first-order valence-electron chi connectivity index (χ1n) is 7.45. The maximum atomic E-state index is 4.65. The van der Waals surface area contributed by atoms with Gasteiger partial charge in [0.2, 0.25) is 0 Å². The van der Waals surface area contributed by atoms with Crippen LogP contribution in [0.1, 0.15) is 11.4 Å². The molecule has 0 fully saturated rings. The molecule has 0 aliphatic carbocycles. The number of aryl methyl sites for hydroxylation is 2. The van der Waals surface area contributed by atoms with Crippen LogP contribution in [0, 0.1) is 13.8 Å². The molecule has 0 amide bonds. The smallest absolute Gasteiger partial charge is 0.125 e. The molecular weight excluding hydrogens is 268 g/mol. The van der Waals surface area contributed by atoms with E-state index in [0.29, 0.717) is 0 Å². The van der Waals surface area contributed by atoms with Crippen LogP contribution < -0.4 is 0 Å². The van der Waals surface area contributed by atoms with Crippen LogP contribution in [0.4, 0.5) is 0 Å². The highest BCUT2D eigenvalue weighted by Gasteiger charge is 2.11. The molecule has 0 radical (unpaired) electrons. The van der Waals surface area contributed by atoms with E-state index < -0.39 is 0 Å². The number of hydrogen-bond donors (Lipinski definition) is 0. The lowest BCUT2D eigenvalue weighted by Gasteiger charge is -2.12. The molecule has 0 saturated heterocycles. The quantitative estimate of drug-likeness (QED) is 0.456. The van der Waals surface area contributed by atoms with Gasteiger partial charge in [0.1, 0.15) is 5.82 Å². The lowest BCUT2D eigenvalue weighted by atomic mass is 9.93. The Bertz CT molecular complexity index is 1000. The van der Waals surface area contributed by atoms with Crippen molar-refractivity contribution in [2.45, 2.75) is 13.8 Å². The zero-order valence-corrected chi connectivity index (χ0v) is 12.7. The van der Waals surface area contributed by atoms with Gasteiger partial charge in [-0.05, 0) is 42.0 Å². The Balaban J connectivity index is 2.19. The SMILES string of the molecule is Cc1ncc2cc(-c3ccccc3C)c3ccccc3c2n1. The molecule has 22 heavy (non-hydrogen) atoms. The standard InChI is InChI=1S/C20H16N2/c1-13-7-3-4-8-16(13)19-11-15-12-21-14(2)22-20(15)18-10-6-5-9-17(18)19/h3-12H,1-2H3. The van der Waals surface area contributed by atoms with Gasteiger partial charge in [0.15, 0.2) is 0 Å². The summed E-state index contributed by atoms with van der Waals surface area (Å²) in [5, 5.41) is 3.51. The van der Waals surface area contributed by atoms with Crippen molar-refractivity contribution in [1.29, 1.82) is 0 Å². The van der Waals surface area contributed by atoms with Gasteiger partial charge in [0, 0.05) is 17.0 Å². The van der Waals surface area contributed by atoms with Crippen LogP contribution in [0.3, 0.4) is 0 Å². The molecule has 0 spiro atoms. The second-order valence-electron chi connectivity index (χ2n) is 5.64. The molecule has 106 valence electrons. The molecule has 0 N–H and O–H groups in total. The molecule has 0 atom stereocenters. The van der Waals surface area contributed by atoms with Crippen molar-refractivity contribution < 1.29 is 0 Å². The van der Waals surface area contributed by atoms with Crippen LogP contribution in [0.25, 0.3) is 32.8 Å². The van der Waals surface area contributed by atoms with Gasteiger partial charge in [0.05, 0.1) is 5.52 Å². The molecular formula is C20H16N2. The van der Waals surface area contributed by atoms with E-state index in [0.717, 1.165) is 16.7 Å². The van der Waals surface area contributed by atoms with Gasteiger partial charge in [-0.1, -0.05) is 48.5 Å². The highest BCUT2D eigenvalue weighted by atomic mass is 14.9. The monoisotopic (exact) mass is 284 g/mol. The number of benzene rings is 3. The summed E-state index contributed by atoms with van der Waals surface area (Å²) in [5.74, 6) is 0.807. The number of nitrogens with zero attached hydrogens (tertiary/aromatic N) is 2. The van der Waals surface area contributed by atoms with Crippen molar-refractivity contribution in [3.63, 3.8) is 0 Å². The third-order valence-corrected chi connectivity index (χ3v) is 4.14. The molecule has 2 nitrogen and oxygen atoms in total. The summed E-state index contributed by atoms with van der Waals surface area (Å²) in [6.45, 7) is 4.09. The fourth-order valence-electron chi connectivity index (χ4n) is 3.06. The van der Waals surface area contributed by atoms with Crippen LogP contribution in [0.5, 0.6) is 0 Å². The minimum Gasteiger partial charge on any atom is -0.241 e. The Labute approximate surface area is 129 Å². The average Bonchev–Trinajstić information content (AvgIpc) is 2.55. The van der Waals surface area contributed by atoms with Crippen molar-refractivity contribution in [2.24, 2.45) is 0 Å². The molecule has 0 saturated carbocycles. The van der Waals surface area contributed by atoms with E-state index in [-0.39, 0.29) is 0 Å². The van der Waals surface area contributed by atoms with E-state index in [9.17, 15) is 0 Å². The van der Waals surface area contributed by atoms with Gasteiger partial charge in [0.25, 0.3) is 0 Å². The zero-order chi connectivity index (χ0) is 15.1. The first-order chi connectivity index (χ1) is 10.7. The van der Waals surface area contributed by atoms with E-state index in [1.54, 1.807) is 0 Å². The summed E-state index contributed by atoms with van der Waals surface area (Å²) in [5.41, 5.74) is 4.82. The maximum Gasteiger partial charge on any atom is 0.125 e. The molecule has 3 aromatic carbocycles. The van der Waals surface area contributed by atoms with Crippen molar-refractivity contribution in [3.8, 4) is 11.1 Å². The van der Waals surface area contributed by atoms with Crippen molar-refractivity contribution in [2.75, 3.05) is 0 Å². The highest BCUT2D eigenvalue weighted by Crippen LogP contribution is 2.35. The molecule has 0 aliphatic rings. The minimum absolute atomic E-state index is 0.807. The van der Waals surface area contributed by atoms with E-state index in [2.05, 4.69) is 71.5 Å². The molecule has 0 bridgehead atoms. The second-order valence-corrected chi connectivity index (χ2v) is 5.64. The van der Waals surface area contributed by atoms with Gasteiger partial charge >= 0.3 is 0 Å². The van der Waals surface area contributed by atoms with Crippen LogP contribution in [0.15, 0.2) is 60.8 Å². The highest BCUT2D eigenvalue weighted by molar-refractivity contribution is 6.12. The second kappa shape index (κ2) is 4.92. The average molecular weight is 284 g/mol. The normalized spacial score (nSPS) is 11.2. The van der Waals surface area contributed by atoms with Crippen LogP contribution in [0.2, 0.25) is 0 Å². The summed E-state index contributed by atoms with van der Waals surface area (Å²) in [6.07, 6.45) is 1.92. The van der Waals surface area contributed by atoms with Crippen molar-refractivity contribution >= 4 is 21.7 Å². The third kappa shape index (κ3) is 1.96. The van der Waals surface area contributed by atoms with Crippen LogP contribution >= 0.6 is 0 Å². The Morgan fingerprint density at radius 1 is 0.773 bits per heavy atom. The molecule has 1 aromatic heterocycles. The minimum atomic E-state index is 0.807. The first-order valence-corrected chi connectivity index (χ1v) is 7.45. The topological polar surface area (TPSA) is 25.8 Å². The Hall–Kier alpha value is -2.74. The van der Waals surface area contributed by atoms with Gasteiger partial charge in [-0.15, -0.1) is 0 Å². The molecule has 4 aromatic rings. The van der Waals surface area contributed by atoms with E-state index in [1.165, 1.54) is 27.5 Å². The van der Waals surface area contributed by atoms with Crippen molar-refractivity contribution in [1.82, 2.24) is 9.97 Å². The summed E-state index contributed by atoms with van der Waals surface area (Å²) < 4.78 is 0. The van der Waals surface area contributed by atoms with Crippen LogP contribution in [-0.2, 0) is 0 Å². The largest absolute Gasteiger partial charge is 0.241 e. The van der Waals surface area contributed by atoms with Crippen molar-refractivity contribution in [3.05, 3.63) is 72.2 Å². The Kier molecular flexibility index (Phi) is 2.90. The van der Waals surface area contributed by atoms with E-state index >= 15 is 0 Å². The zero-order valence-electron chi connectivity index (χ0n) is 12.7. The van der Waals surface area contributed by atoms with Gasteiger partial charge in [-0.3, -0.25) is 0 Å². The fourth-order valence-corrected chi connectivity index (χ4v) is 3.06. The third-order valence-electron chi connectivity index (χ3n) is 4.14. The van der Waals surface area contributed by atoms with Gasteiger partial charge < -0.3 is 0 Å². The Morgan fingerprint density at radius 2 is 1.50 bits per heavy atom. The molecule has 0 unspecified atom stereocenters. The molecule has 0 aliphatic heterocycles. The summed E-state index contributed by atoms with van der Waals surface area (Å²) in [4.78, 5) is 9.01. The summed E-state index contributed by atoms with van der Waals surface area (Å²) in [6, 6.07) is 19.2. The first kappa shape index (κ1) is 13.0. The fraction of sp³-hybridized carbons (Fsp3) is 0.100. The molecule has 1 heterocycles. The van der Waals surface area contributed by atoms with Crippen LogP contribution in [-0.4, -0.2) is 9.97 Å². The number of hydrogen-bond acceptors (Lipinski definition) is 2. The van der Waals surface area contributed by atoms with Gasteiger partial charge in [-0.2, -0.15) is 0 Å². The van der Waals surface area contributed by atoms with Gasteiger partial charge in [-0.25, -0.2) is 9.97 Å². The number of aromatic nitrogens is 2. The molecule has 2 heteroatoms. The number of fused-ring (bicyclic) bond motifs is 3. The molecule has 4 rings (SSSR count). The lowest BCUT2D eigenvalue weighted by Crippen LogP contribution is -1.92. The van der Waals surface area contributed by atoms with E-state index in [1.807, 2.05) is 13.1 Å². The number of rotatable bonds is 1. The predicted octanol–water partition coefficient (Wildman–Crippen LogP) is 5.07. The summed E-state index contributed by atoms with van der Waals surface area (Å²) in [7, 11) is 0. The van der Waals surface area contributed by atoms with E-state index in [4.69, 9.17) is 0 Å². The predicted molar refractivity (Wildman–Crippen MR) is 92.0 cm³/mol. The summed E-state index contributed by atoms with van der Waals surface area (Å²) >= 11 is 0. The maximum absolute atomic E-state index is 4.65. The lowest BCUT2D eigenvalue weighted by molar-refractivity contribution is 1.09. The Morgan fingerprint density at radius 3 is 2.32 bits per heavy atom.